The molecule has 0 aliphatic carbocycles. The lowest BCUT2D eigenvalue weighted by atomic mass is 9.94. The molecule has 0 aromatic heterocycles. The van der Waals surface area contributed by atoms with Crippen LogP contribution >= 0.6 is 0 Å². The Labute approximate surface area is 127 Å². The Bertz CT molecular complexity index is 480. The van der Waals surface area contributed by atoms with E-state index in [-0.39, 0.29) is 6.04 Å². The van der Waals surface area contributed by atoms with Crippen molar-refractivity contribution >= 4 is 0 Å². The van der Waals surface area contributed by atoms with Crippen LogP contribution < -0.4 is 5.32 Å². The largest absolute Gasteiger partial charge is 0.389 e. The standard InChI is InChI=1S/C19H25NO/c1-3-19(21,4-2)15-20-18(16-11-7-5-8-12-16)17-13-9-6-10-14-17/h5-14,18,20-21H,3-4,15H2,1-2H3. The first-order chi connectivity index (χ1) is 10.2. The Morgan fingerprint density at radius 3 is 1.67 bits per heavy atom. The van der Waals surface area contributed by atoms with E-state index in [0.29, 0.717) is 6.54 Å². The maximum absolute atomic E-state index is 10.5. The van der Waals surface area contributed by atoms with E-state index in [2.05, 4.69) is 53.8 Å². The van der Waals surface area contributed by atoms with Crippen molar-refractivity contribution in [3.8, 4) is 0 Å². The minimum atomic E-state index is -0.637. The smallest absolute Gasteiger partial charge is 0.0766 e. The fourth-order valence-corrected chi connectivity index (χ4v) is 2.51. The van der Waals surface area contributed by atoms with Crippen molar-refractivity contribution in [2.75, 3.05) is 6.54 Å². The number of hydrogen-bond donors (Lipinski definition) is 2. The van der Waals surface area contributed by atoms with Gasteiger partial charge < -0.3 is 10.4 Å². The van der Waals surface area contributed by atoms with E-state index in [1.165, 1.54) is 11.1 Å². The second kappa shape index (κ2) is 7.39. The summed E-state index contributed by atoms with van der Waals surface area (Å²) in [5, 5.41) is 14.1. The van der Waals surface area contributed by atoms with Crippen LogP contribution in [0.5, 0.6) is 0 Å². The molecule has 0 bridgehead atoms. The lowest BCUT2D eigenvalue weighted by molar-refractivity contribution is 0.0309. The molecule has 0 radical (unpaired) electrons. The highest BCUT2D eigenvalue weighted by Crippen LogP contribution is 2.23. The summed E-state index contributed by atoms with van der Waals surface area (Å²) < 4.78 is 0. The van der Waals surface area contributed by atoms with Crippen molar-refractivity contribution in [1.29, 1.82) is 0 Å². The van der Waals surface area contributed by atoms with Crippen LogP contribution in [0.25, 0.3) is 0 Å². The number of rotatable bonds is 7. The predicted molar refractivity (Wildman–Crippen MR) is 88.3 cm³/mol. The monoisotopic (exact) mass is 283 g/mol. The Kier molecular flexibility index (Phi) is 5.54. The molecule has 2 nitrogen and oxygen atoms in total. The maximum Gasteiger partial charge on any atom is 0.0766 e. The summed E-state index contributed by atoms with van der Waals surface area (Å²) >= 11 is 0. The molecule has 2 aromatic carbocycles. The van der Waals surface area contributed by atoms with Crippen LogP contribution in [0, 0.1) is 0 Å². The summed E-state index contributed by atoms with van der Waals surface area (Å²) in [5.41, 5.74) is 1.80. The molecule has 112 valence electrons. The lowest BCUT2D eigenvalue weighted by Gasteiger charge is -2.29. The van der Waals surface area contributed by atoms with Crippen LogP contribution in [0.1, 0.15) is 43.9 Å². The van der Waals surface area contributed by atoms with Crippen LogP contribution in [0.3, 0.4) is 0 Å². The van der Waals surface area contributed by atoms with Gasteiger partial charge >= 0.3 is 0 Å². The van der Waals surface area contributed by atoms with Crippen LogP contribution in [-0.4, -0.2) is 17.3 Å². The zero-order valence-electron chi connectivity index (χ0n) is 12.9. The highest BCUT2D eigenvalue weighted by molar-refractivity contribution is 5.31. The average molecular weight is 283 g/mol. The second-order valence-corrected chi connectivity index (χ2v) is 5.57. The molecule has 0 saturated carbocycles. The maximum atomic E-state index is 10.5. The van der Waals surface area contributed by atoms with E-state index in [9.17, 15) is 5.11 Å². The summed E-state index contributed by atoms with van der Waals surface area (Å²) in [4.78, 5) is 0. The van der Waals surface area contributed by atoms with Gasteiger partial charge in [-0.05, 0) is 24.0 Å². The molecule has 0 unspecified atom stereocenters. The molecule has 2 rings (SSSR count). The number of nitrogens with one attached hydrogen (secondary N) is 1. The van der Waals surface area contributed by atoms with E-state index < -0.39 is 5.60 Å². The van der Waals surface area contributed by atoms with Crippen molar-refractivity contribution in [2.24, 2.45) is 0 Å². The first kappa shape index (κ1) is 15.7. The molecule has 0 aliphatic rings. The van der Waals surface area contributed by atoms with Gasteiger partial charge in [-0.25, -0.2) is 0 Å². The van der Waals surface area contributed by atoms with Crippen LogP contribution in [0.4, 0.5) is 0 Å². The van der Waals surface area contributed by atoms with Crippen molar-refractivity contribution in [3.63, 3.8) is 0 Å². The molecule has 0 spiro atoms. The number of hydrogen-bond acceptors (Lipinski definition) is 2. The minimum absolute atomic E-state index is 0.108. The zero-order chi connectivity index (χ0) is 15.1. The third-order valence-corrected chi connectivity index (χ3v) is 4.22. The van der Waals surface area contributed by atoms with Gasteiger partial charge in [0.1, 0.15) is 0 Å². The molecule has 0 amide bonds. The predicted octanol–water partition coefficient (Wildman–Crippen LogP) is 3.92. The van der Waals surface area contributed by atoms with E-state index in [4.69, 9.17) is 0 Å². The lowest BCUT2D eigenvalue weighted by Crippen LogP contribution is -2.41. The van der Waals surface area contributed by atoms with Crippen molar-refractivity contribution in [3.05, 3.63) is 71.8 Å². The molecule has 0 aliphatic heterocycles. The van der Waals surface area contributed by atoms with Crippen LogP contribution in [-0.2, 0) is 0 Å². The van der Waals surface area contributed by atoms with E-state index in [0.717, 1.165) is 12.8 Å². The molecule has 0 heterocycles. The van der Waals surface area contributed by atoms with Gasteiger partial charge in [0.05, 0.1) is 11.6 Å². The van der Waals surface area contributed by atoms with Gasteiger partial charge in [-0.15, -0.1) is 0 Å². The molecule has 0 fully saturated rings. The average Bonchev–Trinajstić information content (AvgIpc) is 2.57. The van der Waals surface area contributed by atoms with E-state index in [1.807, 2.05) is 26.0 Å². The topological polar surface area (TPSA) is 32.3 Å². The summed E-state index contributed by atoms with van der Waals surface area (Å²) in [7, 11) is 0. The Balaban J connectivity index is 2.22. The quantitative estimate of drug-likeness (QED) is 0.807. The fourth-order valence-electron chi connectivity index (χ4n) is 2.51. The normalized spacial score (nSPS) is 11.8. The highest BCUT2D eigenvalue weighted by Gasteiger charge is 2.24. The third-order valence-electron chi connectivity index (χ3n) is 4.22. The fraction of sp³-hybridized carbons (Fsp3) is 0.368. The summed E-state index contributed by atoms with van der Waals surface area (Å²) in [6.07, 6.45) is 1.51. The molecular weight excluding hydrogens is 258 g/mol. The van der Waals surface area contributed by atoms with E-state index in [1.54, 1.807) is 0 Å². The molecule has 2 aromatic rings. The first-order valence-electron chi connectivity index (χ1n) is 7.74. The number of benzene rings is 2. The van der Waals surface area contributed by atoms with Crippen molar-refractivity contribution < 1.29 is 5.11 Å². The zero-order valence-corrected chi connectivity index (χ0v) is 12.9. The third kappa shape index (κ3) is 4.16. The van der Waals surface area contributed by atoms with Gasteiger partial charge in [0.15, 0.2) is 0 Å². The van der Waals surface area contributed by atoms with Gasteiger partial charge in [-0.3, -0.25) is 0 Å². The van der Waals surface area contributed by atoms with Gasteiger partial charge in [0.25, 0.3) is 0 Å². The van der Waals surface area contributed by atoms with Gasteiger partial charge in [0, 0.05) is 6.54 Å². The Morgan fingerprint density at radius 1 is 0.857 bits per heavy atom. The molecule has 2 heteroatoms. The Hall–Kier alpha value is -1.64. The summed E-state index contributed by atoms with van der Waals surface area (Å²) in [6.45, 7) is 4.66. The van der Waals surface area contributed by atoms with Gasteiger partial charge in [-0.1, -0.05) is 74.5 Å². The highest BCUT2D eigenvalue weighted by atomic mass is 16.3. The summed E-state index contributed by atoms with van der Waals surface area (Å²) in [5.74, 6) is 0. The number of aliphatic hydroxyl groups is 1. The minimum Gasteiger partial charge on any atom is -0.389 e. The van der Waals surface area contributed by atoms with Crippen LogP contribution in [0.2, 0.25) is 0 Å². The van der Waals surface area contributed by atoms with E-state index >= 15 is 0 Å². The summed E-state index contributed by atoms with van der Waals surface area (Å²) in [6, 6.07) is 20.9. The molecular formula is C19H25NO. The van der Waals surface area contributed by atoms with Gasteiger partial charge in [-0.2, -0.15) is 0 Å². The van der Waals surface area contributed by atoms with Crippen molar-refractivity contribution in [1.82, 2.24) is 5.32 Å². The molecule has 2 N–H and O–H groups in total. The Morgan fingerprint density at radius 2 is 1.29 bits per heavy atom. The second-order valence-electron chi connectivity index (χ2n) is 5.57. The van der Waals surface area contributed by atoms with Crippen molar-refractivity contribution in [2.45, 2.75) is 38.3 Å². The molecule has 21 heavy (non-hydrogen) atoms. The molecule has 0 saturated heterocycles. The molecule has 0 atom stereocenters. The SMILES string of the molecule is CCC(O)(CC)CNC(c1ccccc1)c1ccccc1. The van der Waals surface area contributed by atoms with Crippen LogP contribution in [0.15, 0.2) is 60.7 Å². The first-order valence-corrected chi connectivity index (χ1v) is 7.74. The van der Waals surface area contributed by atoms with Gasteiger partial charge in [0.2, 0.25) is 0 Å².